The van der Waals surface area contributed by atoms with Gasteiger partial charge in [-0.2, -0.15) is 11.3 Å². The molecule has 0 saturated heterocycles. The van der Waals surface area contributed by atoms with E-state index in [1.54, 1.807) is 24.6 Å². The number of ether oxygens (including phenoxy) is 1. The van der Waals surface area contributed by atoms with Crippen molar-refractivity contribution in [3.8, 4) is 5.75 Å². The molecule has 0 amide bonds. The minimum atomic E-state index is 0.327. The molecule has 0 aliphatic heterocycles. The van der Waals surface area contributed by atoms with E-state index in [1.165, 1.54) is 5.56 Å². The van der Waals surface area contributed by atoms with Gasteiger partial charge in [0.1, 0.15) is 0 Å². The Morgan fingerprint density at radius 3 is 3.06 bits per heavy atom. The molecule has 0 bridgehead atoms. The fourth-order valence-corrected chi connectivity index (χ4v) is 2.39. The summed E-state index contributed by atoms with van der Waals surface area (Å²) in [5.41, 5.74) is 1.35. The summed E-state index contributed by atoms with van der Waals surface area (Å²) in [5.74, 6) is 1.59. The van der Waals surface area contributed by atoms with Crippen molar-refractivity contribution in [1.29, 1.82) is 0 Å². The third kappa shape index (κ3) is 3.20. The number of hydrogen-bond acceptors (Lipinski definition) is 4. The van der Waals surface area contributed by atoms with E-state index in [0.717, 1.165) is 18.0 Å². The van der Waals surface area contributed by atoms with Crippen LogP contribution in [0.2, 0.25) is 0 Å². The lowest BCUT2D eigenvalue weighted by atomic mass is 10.1. The first kappa shape index (κ1) is 11.9. The molecule has 3 nitrogen and oxygen atoms in total. The van der Waals surface area contributed by atoms with E-state index in [0.29, 0.717) is 6.04 Å². The van der Waals surface area contributed by atoms with E-state index in [9.17, 15) is 0 Å². The highest BCUT2D eigenvalue weighted by Crippen LogP contribution is 2.21. The van der Waals surface area contributed by atoms with E-state index in [1.807, 2.05) is 12.1 Å². The molecular formula is C13H16N2OS. The lowest BCUT2D eigenvalue weighted by Gasteiger charge is -2.15. The van der Waals surface area contributed by atoms with Crippen molar-refractivity contribution >= 4 is 17.2 Å². The number of aromatic nitrogens is 1. The Morgan fingerprint density at radius 2 is 2.35 bits per heavy atom. The smallest absolute Gasteiger partial charge is 0.168 e. The predicted octanol–water partition coefficient (Wildman–Crippen LogP) is 3.19. The molecule has 1 N–H and O–H groups in total. The predicted molar refractivity (Wildman–Crippen MR) is 71.9 cm³/mol. The minimum Gasteiger partial charge on any atom is -0.493 e. The molecule has 0 spiro atoms. The zero-order chi connectivity index (χ0) is 12.1. The molecule has 1 unspecified atom stereocenters. The Balaban J connectivity index is 2.00. The molecule has 17 heavy (non-hydrogen) atoms. The SMILES string of the molecule is COc1cccnc1NC(C)Cc1ccsc1. The van der Waals surface area contributed by atoms with Crippen molar-refractivity contribution in [1.82, 2.24) is 4.98 Å². The van der Waals surface area contributed by atoms with E-state index in [2.05, 4.69) is 34.1 Å². The summed E-state index contributed by atoms with van der Waals surface area (Å²) in [5, 5.41) is 7.64. The van der Waals surface area contributed by atoms with Crippen LogP contribution < -0.4 is 10.1 Å². The van der Waals surface area contributed by atoms with Crippen LogP contribution in [-0.2, 0) is 6.42 Å². The molecule has 2 rings (SSSR count). The van der Waals surface area contributed by atoms with Gasteiger partial charge in [-0.1, -0.05) is 0 Å². The van der Waals surface area contributed by atoms with Gasteiger partial charge in [0.25, 0.3) is 0 Å². The fraction of sp³-hybridized carbons (Fsp3) is 0.308. The summed E-state index contributed by atoms with van der Waals surface area (Å²) < 4.78 is 5.26. The lowest BCUT2D eigenvalue weighted by molar-refractivity contribution is 0.414. The average Bonchev–Trinajstić information content (AvgIpc) is 2.82. The summed E-state index contributed by atoms with van der Waals surface area (Å²) in [7, 11) is 1.66. The van der Waals surface area contributed by atoms with Gasteiger partial charge in [-0.25, -0.2) is 4.98 Å². The fourth-order valence-electron chi connectivity index (χ4n) is 1.71. The van der Waals surface area contributed by atoms with Gasteiger partial charge >= 0.3 is 0 Å². The van der Waals surface area contributed by atoms with Crippen LogP contribution in [0.4, 0.5) is 5.82 Å². The number of rotatable bonds is 5. The van der Waals surface area contributed by atoms with Gasteiger partial charge in [-0.3, -0.25) is 0 Å². The molecule has 0 aromatic carbocycles. The first-order valence-corrected chi connectivity index (χ1v) is 6.50. The number of hydrogen-bond donors (Lipinski definition) is 1. The van der Waals surface area contributed by atoms with Crippen LogP contribution in [0, 0.1) is 0 Å². The van der Waals surface area contributed by atoms with Crippen LogP contribution in [0.25, 0.3) is 0 Å². The Bertz CT molecular complexity index is 456. The van der Waals surface area contributed by atoms with Gasteiger partial charge in [-0.05, 0) is 47.9 Å². The second-order valence-electron chi connectivity index (χ2n) is 3.94. The maximum atomic E-state index is 5.26. The highest BCUT2D eigenvalue weighted by Gasteiger charge is 2.08. The topological polar surface area (TPSA) is 34.1 Å². The van der Waals surface area contributed by atoms with E-state index in [4.69, 9.17) is 4.74 Å². The Hall–Kier alpha value is -1.55. The summed E-state index contributed by atoms with van der Waals surface area (Å²) in [6, 6.07) is 6.26. The standard InChI is InChI=1S/C13H16N2OS/c1-10(8-11-5-7-17-9-11)15-13-12(16-2)4-3-6-14-13/h3-7,9-10H,8H2,1-2H3,(H,14,15). The molecule has 0 saturated carbocycles. The van der Waals surface area contributed by atoms with Crippen LogP contribution in [0.3, 0.4) is 0 Å². The maximum absolute atomic E-state index is 5.26. The molecule has 0 aliphatic carbocycles. The van der Waals surface area contributed by atoms with Gasteiger partial charge < -0.3 is 10.1 Å². The first-order chi connectivity index (χ1) is 8.29. The summed E-state index contributed by atoms with van der Waals surface area (Å²) in [6.07, 6.45) is 2.76. The first-order valence-electron chi connectivity index (χ1n) is 5.56. The van der Waals surface area contributed by atoms with Gasteiger partial charge in [0.2, 0.25) is 0 Å². The van der Waals surface area contributed by atoms with Crippen LogP contribution in [-0.4, -0.2) is 18.1 Å². The number of nitrogens with zero attached hydrogens (tertiary/aromatic N) is 1. The van der Waals surface area contributed by atoms with Crippen molar-refractivity contribution in [2.24, 2.45) is 0 Å². The van der Waals surface area contributed by atoms with Crippen LogP contribution >= 0.6 is 11.3 Å². The molecule has 2 heterocycles. The maximum Gasteiger partial charge on any atom is 0.168 e. The van der Waals surface area contributed by atoms with Gasteiger partial charge in [-0.15, -0.1) is 0 Å². The van der Waals surface area contributed by atoms with Crippen molar-refractivity contribution < 1.29 is 4.74 Å². The molecule has 0 fully saturated rings. The zero-order valence-corrected chi connectivity index (χ0v) is 10.8. The number of pyridine rings is 1. The van der Waals surface area contributed by atoms with Crippen LogP contribution in [0.15, 0.2) is 35.2 Å². The van der Waals surface area contributed by atoms with Crippen molar-refractivity contribution in [3.63, 3.8) is 0 Å². The molecule has 0 radical (unpaired) electrons. The third-order valence-electron chi connectivity index (χ3n) is 2.50. The van der Waals surface area contributed by atoms with E-state index in [-0.39, 0.29) is 0 Å². The number of methoxy groups -OCH3 is 1. The summed E-state index contributed by atoms with van der Waals surface area (Å²) in [6.45, 7) is 2.14. The monoisotopic (exact) mass is 248 g/mol. The molecule has 0 aliphatic rings. The molecular weight excluding hydrogens is 232 g/mol. The minimum absolute atomic E-state index is 0.327. The van der Waals surface area contributed by atoms with Crippen molar-refractivity contribution in [2.45, 2.75) is 19.4 Å². The Kier molecular flexibility index (Phi) is 3.98. The lowest BCUT2D eigenvalue weighted by Crippen LogP contribution is -2.19. The molecule has 2 aromatic heterocycles. The van der Waals surface area contributed by atoms with E-state index < -0.39 is 0 Å². The highest BCUT2D eigenvalue weighted by atomic mass is 32.1. The zero-order valence-electron chi connectivity index (χ0n) is 10.0. The number of nitrogens with one attached hydrogen (secondary N) is 1. The average molecular weight is 248 g/mol. The quantitative estimate of drug-likeness (QED) is 0.882. The Morgan fingerprint density at radius 1 is 1.47 bits per heavy atom. The van der Waals surface area contributed by atoms with Gasteiger partial charge in [0, 0.05) is 12.2 Å². The molecule has 90 valence electrons. The van der Waals surface area contributed by atoms with Crippen LogP contribution in [0.5, 0.6) is 5.75 Å². The largest absolute Gasteiger partial charge is 0.493 e. The normalized spacial score (nSPS) is 12.1. The highest BCUT2D eigenvalue weighted by molar-refractivity contribution is 7.07. The van der Waals surface area contributed by atoms with Crippen molar-refractivity contribution in [2.75, 3.05) is 12.4 Å². The van der Waals surface area contributed by atoms with Gasteiger partial charge in [0.05, 0.1) is 7.11 Å². The Labute approximate surface area is 105 Å². The summed E-state index contributed by atoms with van der Waals surface area (Å²) in [4.78, 5) is 4.29. The number of anilines is 1. The molecule has 2 aromatic rings. The van der Waals surface area contributed by atoms with Crippen molar-refractivity contribution in [3.05, 3.63) is 40.7 Å². The van der Waals surface area contributed by atoms with E-state index >= 15 is 0 Å². The second-order valence-corrected chi connectivity index (χ2v) is 4.72. The van der Waals surface area contributed by atoms with Gasteiger partial charge in [0.15, 0.2) is 11.6 Å². The summed E-state index contributed by atoms with van der Waals surface area (Å²) >= 11 is 1.73. The molecule has 1 atom stereocenters. The third-order valence-corrected chi connectivity index (χ3v) is 3.23. The van der Waals surface area contributed by atoms with Crippen LogP contribution in [0.1, 0.15) is 12.5 Å². The molecule has 4 heteroatoms. The number of thiophene rings is 1. The second kappa shape index (κ2) is 5.68.